The second-order valence-corrected chi connectivity index (χ2v) is 41.7. The summed E-state index contributed by atoms with van der Waals surface area (Å²) in [6, 6.07) is 9.78. The summed E-state index contributed by atoms with van der Waals surface area (Å²) in [5, 5.41) is 152. The van der Waals surface area contributed by atoms with Gasteiger partial charge in [0, 0.05) is 86.6 Å². The largest absolute Gasteiger partial charge is 0.388 e. The van der Waals surface area contributed by atoms with E-state index in [9.17, 15) is 84.8 Å². The number of likely N-dealkylation sites (tertiary alicyclic amines) is 4. The molecule has 1 aliphatic carbocycles. The van der Waals surface area contributed by atoms with Crippen LogP contribution in [0.25, 0.3) is 11.1 Å². The minimum atomic E-state index is -1.40. The molecule has 3 aromatic rings. The van der Waals surface area contributed by atoms with Crippen LogP contribution in [-0.2, 0) is 44.7 Å². The lowest BCUT2D eigenvalue weighted by atomic mass is 9.90. The van der Waals surface area contributed by atoms with Crippen molar-refractivity contribution in [3.05, 3.63) is 78.6 Å². The number of aliphatic hydroxyl groups excluding tert-OH is 12. The summed E-state index contributed by atoms with van der Waals surface area (Å²) in [4.78, 5) is 69.7. The molecule has 36 atom stereocenters. The molecule has 9 aliphatic rings. The molecule has 0 bridgehead atoms. The maximum Gasteiger partial charge on any atom is 0.237 e. The first-order chi connectivity index (χ1) is 62.9. The van der Waals surface area contributed by atoms with Crippen LogP contribution in [0.15, 0.2) is 67.3 Å². The van der Waals surface area contributed by atoms with Crippen LogP contribution in [0.3, 0.4) is 0 Å². The summed E-state index contributed by atoms with van der Waals surface area (Å²) in [6.45, 7) is 20.2. The van der Waals surface area contributed by atoms with Gasteiger partial charge in [-0.15, -0.1) is 47.0 Å². The zero-order chi connectivity index (χ0) is 96.8. The van der Waals surface area contributed by atoms with Crippen molar-refractivity contribution in [1.82, 2.24) is 66.8 Å². The Morgan fingerprint density at radius 3 is 1.02 bits per heavy atom. The highest BCUT2D eigenvalue weighted by molar-refractivity contribution is 7.99. The molecule has 8 aliphatic heterocycles. The predicted molar refractivity (Wildman–Crippen MR) is 514 cm³/mol. The van der Waals surface area contributed by atoms with Gasteiger partial charge in [0.2, 0.25) is 23.6 Å². The molecule has 9 fully saturated rings. The summed E-state index contributed by atoms with van der Waals surface area (Å²) in [7, 11) is 9.63. The Hall–Kier alpha value is -4.39. The fourth-order valence-electron chi connectivity index (χ4n) is 20.1. The van der Waals surface area contributed by atoms with E-state index in [2.05, 4.69) is 99.8 Å². The quantitative estimate of drug-likeness (QED) is 0.0393. The summed E-state index contributed by atoms with van der Waals surface area (Å²) in [5.41, 5.74) is 0.730. The highest BCUT2D eigenvalue weighted by Crippen LogP contribution is 2.38. The van der Waals surface area contributed by atoms with Crippen LogP contribution < -0.4 is 42.5 Å². The third kappa shape index (κ3) is 29.4. The molecule has 1 aromatic heterocycles. The highest BCUT2D eigenvalue weighted by atomic mass is 32.2. The molecular formula is C93H157FN14O20S4. The molecule has 750 valence electrons. The van der Waals surface area contributed by atoms with Gasteiger partial charge in [0.25, 0.3) is 0 Å². The minimum absolute atomic E-state index is 0.0670. The summed E-state index contributed by atoms with van der Waals surface area (Å²) in [5.74, 6) is 1.20. The number of rotatable bonds is 37. The van der Waals surface area contributed by atoms with Gasteiger partial charge in [-0.2, -0.15) is 0 Å². The molecule has 9 heterocycles. The summed E-state index contributed by atoms with van der Waals surface area (Å²) >= 11 is 5.04. The molecule has 12 rings (SSSR count). The van der Waals surface area contributed by atoms with Gasteiger partial charge in [-0.05, 0) is 211 Å². The number of aliphatic hydroxyl groups is 12. The molecule has 0 radical (unpaired) electrons. The molecule has 34 nitrogen and oxygen atoms in total. The highest BCUT2D eigenvalue weighted by Gasteiger charge is 2.55. The van der Waals surface area contributed by atoms with E-state index in [-0.39, 0.29) is 77.8 Å². The minimum Gasteiger partial charge on any atom is -0.388 e. The summed E-state index contributed by atoms with van der Waals surface area (Å²) < 4.78 is 37.3. The Labute approximate surface area is 797 Å². The maximum atomic E-state index is 13.6. The van der Waals surface area contributed by atoms with Crippen molar-refractivity contribution in [3.63, 3.8) is 0 Å². The lowest BCUT2D eigenvalue weighted by molar-refractivity contribution is -0.207. The smallest absolute Gasteiger partial charge is 0.237 e. The fourth-order valence-corrected chi connectivity index (χ4v) is 22.8. The number of nitrogens with one attached hydrogen (secondary N) is 8. The van der Waals surface area contributed by atoms with E-state index in [4.69, 9.17) is 18.9 Å². The van der Waals surface area contributed by atoms with Crippen molar-refractivity contribution in [2.24, 2.45) is 23.7 Å². The normalized spacial score (nSPS) is 35.3. The number of anilines is 1. The van der Waals surface area contributed by atoms with E-state index in [0.717, 1.165) is 138 Å². The number of hydrogen-bond acceptors (Lipinski definition) is 34. The Kier molecular flexibility index (Phi) is 44.9. The van der Waals surface area contributed by atoms with Crippen LogP contribution in [0.5, 0.6) is 0 Å². The predicted octanol–water partition coefficient (Wildman–Crippen LogP) is 2.07. The van der Waals surface area contributed by atoms with E-state index in [1.165, 1.54) is 65.5 Å². The molecule has 132 heavy (non-hydrogen) atoms. The monoisotopic (exact) mass is 1940 g/mol. The number of carbonyl (C=O) groups is 4. The molecule has 1 saturated carbocycles. The lowest BCUT2D eigenvalue weighted by Gasteiger charge is -2.45. The standard InChI is InChI=1S/C28H41N5O5S.C25H40FN3O5S.C21H39N3O5S.C19H37N3O5S/c1-5-6-17-11-21(33(3)14-17)27(37)32-22(26-24(35)23(34)25(36)28(38-26)39-4)16(2)31-20-9-7-18(8-10-20)19-12-29-15-30-13-19;1-5-6-16-11-18(29(3)13-16)24(33)28-19(14(2)27-12-15-7-9-17(26)10-8-15)23-21(31)20(30)22(32)25(34-23)35-4;1-5-6-12-9-14(24(3)10-12)20(28)23-15(11(2)22-13-7-8-13)19-17(26)16(25)18(27)21(29-19)30-4;1-6-7-11-8-12(22(4)9-11)18(26)21-13(10(2)20-3)17-15(24)14(23)16(25)19(27-17)28-5/h7-10,12-13,15-17,21-26,28,31,34-36H,5-6,11,14H2,1-4H3,(H,32,37);7-10,14,16,18-23,25,27,30-32H,5-6,11-13H2,1-4H3,(H,28,33);11-19,21-22,25-27H,5-10H2,1-4H3,(H,23,28);10-17,19-20,23-25H,6-9H2,1-5H3,(H,21,26)/t16?,17-,21+,22-,23-,24?,25-,26-,28?;14?,16-,18+,19-,20-,21?,22-,23-,25?;11-,12+,14-,15+,16+,17?,18+,19+,21?;10-,11+,12-,13+,14+,15?,16+,17+,19?/m1100/s1. The number of likely N-dealkylation sites (N-methyl/N-ethyl adjacent to an activating group) is 5. The Bertz CT molecular complexity index is 3930. The number of benzene rings is 2. The topological polar surface area (TPSA) is 483 Å². The van der Waals surface area contributed by atoms with Gasteiger partial charge in [0.05, 0.1) is 48.3 Å². The van der Waals surface area contributed by atoms with E-state index in [1.54, 1.807) is 56.6 Å². The average molecular weight is 1940 g/mol. The summed E-state index contributed by atoms with van der Waals surface area (Å²) in [6.07, 6.45) is 6.97. The second-order valence-electron chi connectivity index (χ2n) is 38.0. The molecule has 0 spiro atoms. The van der Waals surface area contributed by atoms with E-state index in [0.29, 0.717) is 36.3 Å². The maximum absolute atomic E-state index is 13.6. The number of aromatic nitrogens is 2. The van der Waals surface area contributed by atoms with Gasteiger partial charge in [-0.25, -0.2) is 14.4 Å². The Morgan fingerprint density at radius 1 is 0.417 bits per heavy atom. The van der Waals surface area contributed by atoms with Crippen molar-refractivity contribution in [2.45, 2.75) is 350 Å². The van der Waals surface area contributed by atoms with Crippen LogP contribution in [0, 0.1) is 29.5 Å². The van der Waals surface area contributed by atoms with Crippen molar-refractivity contribution in [1.29, 1.82) is 0 Å². The van der Waals surface area contributed by atoms with Gasteiger partial charge >= 0.3 is 0 Å². The van der Waals surface area contributed by atoms with Gasteiger partial charge in [0.1, 0.15) is 132 Å². The zero-order valence-electron chi connectivity index (χ0n) is 80.0. The van der Waals surface area contributed by atoms with Crippen molar-refractivity contribution in [2.75, 3.05) is 91.8 Å². The first-order valence-electron chi connectivity index (χ1n) is 47.4. The number of ether oxygens (including phenoxy) is 4. The molecule has 20 N–H and O–H groups in total. The van der Waals surface area contributed by atoms with Crippen molar-refractivity contribution >= 4 is 76.4 Å². The van der Waals surface area contributed by atoms with Crippen molar-refractivity contribution < 1.29 is 104 Å². The second kappa shape index (κ2) is 53.3. The van der Waals surface area contributed by atoms with E-state index < -0.39 is 144 Å². The third-order valence-corrected chi connectivity index (χ3v) is 31.4. The average Bonchev–Trinajstić information content (AvgIpc) is 1.04. The van der Waals surface area contributed by atoms with E-state index in [1.807, 2.05) is 80.2 Å². The zero-order valence-corrected chi connectivity index (χ0v) is 83.2. The molecule has 8 saturated heterocycles. The number of nitrogens with zero attached hydrogens (tertiary/aromatic N) is 6. The van der Waals surface area contributed by atoms with Crippen LogP contribution in [-0.4, -0.2) is 399 Å². The molecule has 39 heteroatoms. The van der Waals surface area contributed by atoms with Gasteiger partial charge < -0.3 is 123 Å². The molecule has 10 unspecified atom stereocenters. The SMILES string of the molecule is CCC[C@@H]1C[C@@H](C(=O)N[C@H](C(C)NCc2ccc(F)cc2)[C@H]2OC(SC)[C@H](O)[C@H](O)C2O)N(C)C1.CCC[C@@H]1C[C@@H](C(=O)N[C@H](C(C)Nc2ccc(-c3cncnc3)cc2)[C@H]2OC(SC)[C@H](O)[C@H](O)C2O)N(C)C1.CCC[C@@H]1C[C@@H](C(=O)N[C@H]([C@H](C)NC)[C@H]2OC(SC)[C@H](O)[C@H](O)C2O)N(C)C1.CCC[C@@H]1C[C@@H](C(=O)N[C@H]([C@H](C)NC2CC2)[C@H]2OC(SC)[C@H](O)[C@H](O)C2O)N(C)C1. The fraction of sp³-hybridized carbons (Fsp3) is 0.785. The van der Waals surface area contributed by atoms with Crippen LogP contribution in [0.2, 0.25) is 0 Å². The van der Waals surface area contributed by atoms with Crippen LogP contribution in [0.4, 0.5) is 10.1 Å². The number of amides is 4. The first-order valence-corrected chi connectivity index (χ1v) is 52.5. The lowest BCUT2D eigenvalue weighted by Crippen LogP contribution is -2.67. The van der Waals surface area contributed by atoms with Crippen LogP contribution in [0.1, 0.15) is 151 Å². The number of thioether (sulfide) groups is 4. The number of halogens is 1. The number of carbonyl (C=O) groups excluding carboxylic acids is 4. The third-order valence-electron chi connectivity index (χ3n) is 27.9. The molecular weight excluding hydrogens is 1780 g/mol. The van der Waals surface area contributed by atoms with E-state index >= 15 is 0 Å². The Morgan fingerprint density at radius 2 is 0.720 bits per heavy atom. The molecule has 2 aromatic carbocycles. The van der Waals surface area contributed by atoms with Gasteiger partial charge in [-0.1, -0.05) is 77.6 Å². The number of hydrogen-bond donors (Lipinski definition) is 20. The van der Waals surface area contributed by atoms with Crippen LogP contribution >= 0.6 is 47.0 Å². The van der Waals surface area contributed by atoms with Gasteiger partial charge in [-0.3, -0.25) is 38.8 Å². The van der Waals surface area contributed by atoms with Crippen molar-refractivity contribution in [3.8, 4) is 11.1 Å². The van der Waals surface area contributed by atoms with Gasteiger partial charge in [0.15, 0.2) is 0 Å². The Balaban J connectivity index is 0.000000200. The molecule has 4 amide bonds. The first kappa shape index (κ1) is 111.